The first-order chi connectivity index (χ1) is 12.9. The van der Waals surface area contributed by atoms with Gasteiger partial charge in [0.2, 0.25) is 11.8 Å². The number of halogens is 1. The molecular weight excluding hydrogens is 384 g/mol. The number of nitrogens with zero attached hydrogens (tertiary/aromatic N) is 2. The van der Waals surface area contributed by atoms with Crippen molar-refractivity contribution >= 4 is 45.6 Å². The molecule has 1 fully saturated rings. The Hall–Kier alpha value is -1.96. The van der Waals surface area contributed by atoms with Gasteiger partial charge in [0, 0.05) is 22.0 Å². The number of benzene rings is 1. The van der Waals surface area contributed by atoms with Gasteiger partial charge >= 0.3 is 0 Å². The summed E-state index contributed by atoms with van der Waals surface area (Å²) in [4.78, 5) is 30.9. The number of piperidine rings is 1. The van der Waals surface area contributed by atoms with Crippen LogP contribution in [0.3, 0.4) is 0 Å². The highest BCUT2D eigenvalue weighted by atomic mass is 35.5. The van der Waals surface area contributed by atoms with Crippen LogP contribution in [0.4, 0.5) is 10.8 Å². The normalized spacial score (nSPS) is 15.5. The third kappa shape index (κ3) is 5.51. The minimum Gasteiger partial charge on any atom is -0.325 e. The van der Waals surface area contributed by atoms with Gasteiger partial charge in [-0.1, -0.05) is 17.7 Å². The number of carbonyl (C=O) groups excluding carboxylic acids is 2. The molecule has 1 aliphatic rings. The van der Waals surface area contributed by atoms with Crippen LogP contribution in [0.5, 0.6) is 0 Å². The number of hydrogen-bond donors (Lipinski definition) is 2. The van der Waals surface area contributed by atoms with Gasteiger partial charge in [-0.25, -0.2) is 4.98 Å². The number of amides is 2. The SMILES string of the molecule is Cc1csc(NC(=O)C2CCN(CC(=O)Nc3ccc(C)c(Cl)c3)CC2)n1. The molecule has 8 heteroatoms. The number of anilines is 2. The molecule has 0 bridgehead atoms. The number of hydrogen-bond acceptors (Lipinski definition) is 5. The second kappa shape index (κ2) is 8.82. The van der Waals surface area contributed by atoms with E-state index in [1.807, 2.05) is 31.4 Å². The van der Waals surface area contributed by atoms with Gasteiger partial charge in [-0.05, 0) is 57.5 Å². The van der Waals surface area contributed by atoms with Crippen LogP contribution in [0.15, 0.2) is 23.6 Å². The Kier molecular flexibility index (Phi) is 6.46. The van der Waals surface area contributed by atoms with Gasteiger partial charge in [-0.15, -0.1) is 11.3 Å². The molecule has 0 atom stereocenters. The molecule has 0 aliphatic carbocycles. The van der Waals surface area contributed by atoms with Gasteiger partial charge < -0.3 is 10.6 Å². The molecule has 2 aromatic rings. The molecule has 1 aliphatic heterocycles. The molecule has 0 saturated carbocycles. The van der Waals surface area contributed by atoms with Crippen molar-refractivity contribution in [3.63, 3.8) is 0 Å². The lowest BCUT2D eigenvalue weighted by atomic mass is 9.96. The second-order valence-corrected chi connectivity index (χ2v) is 8.11. The average Bonchev–Trinajstić information content (AvgIpc) is 3.03. The summed E-state index contributed by atoms with van der Waals surface area (Å²) in [6.07, 6.45) is 1.47. The summed E-state index contributed by atoms with van der Waals surface area (Å²) in [6.45, 7) is 5.57. The Morgan fingerprint density at radius 1 is 1.26 bits per heavy atom. The van der Waals surface area contributed by atoms with Crippen LogP contribution in [0, 0.1) is 19.8 Å². The first-order valence-electron chi connectivity index (χ1n) is 8.92. The number of aromatic nitrogens is 1. The van der Waals surface area contributed by atoms with Crippen LogP contribution in [-0.4, -0.2) is 41.3 Å². The topological polar surface area (TPSA) is 74.3 Å². The fourth-order valence-electron chi connectivity index (χ4n) is 3.05. The van der Waals surface area contributed by atoms with Crippen molar-refractivity contribution in [2.45, 2.75) is 26.7 Å². The predicted molar refractivity (Wildman–Crippen MR) is 109 cm³/mol. The van der Waals surface area contributed by atoms with Gasteiger partial charge in [-0.2, -0.15) is 0 Å². The molecule has 0 radical (unpaired) electrons. The van der Waals surface area contributed by atoms with Crippen molar-refractivity contribution in [3.8, 4) is 0 Å². The van der Waals surface area contributed by atoms with Crippen molar-refractivity contribution in [2.75, 3.05) is 30.3 Å². The largest absolute Gasteiger partial charge is 0.325 e. The highest BCUT2D eigenvalue weighted by Crippen LogP contribution is 2.22. The van der Waals surface area contributed by atoms with Gasteiger partial charge in [-0.3, -0.25) is 14.5 Å². The van der Waals surface area contributed by atoms with Crippen LogP contribution in [-0.2, 0) is 9.59 Å². The zero-order chi connectivity index (χ0) is 19.4. The van der Waals surface area contributed by atoms with Crippen molar-refractivity contribution in [3.05, 3.63) is 39.9 Å². The molecule has 1 saturated heterocycles. The lowest BCUT2D eigenvalue weighted by molar-refractivity contribution is -0.121. The van der Waals surface area contributed by atoms with Crippen molar-refractivity contribution in [1.29, 1.82) is 0 Å². The zero-order valence-electron chi connectivity index (χ0n) is 15.4. The summed E-state index contributed by atoms with van der Waals surface area (Å²) < 4.78 is 0. The van der Waals surface area contributed by atoms with E-state index in [4.69, 9.17) is 11.6 Å². The number of aryl methyl sites for hydroxylation is 2. The molecular formula is C19H23ClN4O2S. The molecule has 2 heterocycles. The summed E-state index contributed by atoms with van der Waals surface area (Å²) in [5, 5.41) is 8.96. The maximum Gasteiger partial charge on any atom is 0.238 e. The summed E-state index contributed by atoms with van der Waals surface area (Å²) >= 11 is 7.53. The van der Waals surface area contributed by atoms with Crippen molar-refractivity contribution in [2.24, 2.45) is 5.92 Å². The molecule has 6 nitrogen and oxygen atoms in total. The van der Waals surface area contributed by atoms with Crippen LogP contribution >= 0.6 is 22.9 Å². The number of likely N-dealkylation sites (tertiary alicyclic amines) is 1. The number of thiazole rings is 1. The number of carbonyl (C=O) groups is 2. The maximum absolute atomic E-state index is 12.4. The molecule has 27 heavy (non-hydrogen) atoms. The Labute approximate surface area is 167 Å². The van der Waals surface area contributed by atoms with Gasteiger partial charge in [0.1, 0.15) is 0 Å². The fraction of sp³-hybridized carbons (Fsp3) is 0.421. The van der Waals surface area contributed by atoms with E-state index in [-0.39, 0.29) is 17.7 Å². The van der Waals surface area contributed by atoms with Crippen LogP contribution in [0.25, 0.3) is 0 Å². The van der Waals surface area contributed by atoms with Gasteiger partial charge in [0.15, 0.2) is 5.13 Å². The first kappa shape index (κ1) is 19.8. The molecule has 1 aromatic heterocycles. The number of nitrogens with one attached hydrogen (secondary N) is 2. The first-order valence-corrected chi connectivity index (χ1v) is 10.2. The Morgan fingerprint density at radius 3 is 2.63 bits per heavy atom. The van der Waals surface area contributed by atoms with E-state index in [0.717, 1.165) is 37.2 Å². The average molecular weight is 407 g/mol. The van der Waals surface area contributed by atoms with Gasteiger partial charge in [0.05, 0.1) is 12.2 Å². The summed E-state index contributed by atoms with van der Waals surface area (Å²) in [5.74, 6) is -0.0942. The molecule has 2 N–H and O–H groups in total. The highest BCUT2D eigenvalue weighted by Gasteiger charge is 2.26. The van der Waals surface area contributed by atoms with E-state index in [1.165, 1.54) is 11.3 Å². The Morgan fingerprint density at radius 2 is 2.00 bits per heavy atom. The number of rotatable bonds is 5. The summed E-state index contributed by atoms with van der Waals surface area (Å²) in [7, 11) is 0. The van der Waals surface area contributed by atoms with E-state index >= 15 is 0 Å². The lowest BCUT2D eigenvalue weighted by Gasteiger charge is -2.30. The zero-order valence-corrected chi connectivity index (χ0v) is 17.0. The van der Waals surface area contributed by atoms with E-state index in [2.05, 4.69) is 20.5 Å². The Balaban J connectivity index is 1.44. The minimum atomic E-state index is -0.0731. The molecule has 3 rings (SSSR count). The predicted octanol–water partition coefficient (Wildman–Crippen LogP) is 3.70. The van der Waals surface area contributed by atoms with E-state index in [9.17, 15) is 9.59 Å². The lowest BCUT2D eigenvalue weighted by Crippen LogP contribution is -2.41. The molecule has 0 unspecified atom stereocenters. The van der Waals surface area contributed by atoms with Crippen molar-refractivity contribution < 1.29 is 9.59 Å². The fourth-order valence-corrected chi connectivity index (χ4v) is 3.92. The third-order valence-corrected chi connectivity index (χ3v) is 5.91. The maximum atomic E-state index is 12.4. The summed E-state index contributed by atoms with van der Waals surface area (Å²) in [5.41, 5.74) is 2.58. The van der Waals surface area contributed by atoms with E-state index in [0.29, 0.717) is 22.4 Å². The highest BCUT2D eigenvalue weighted by molar-refractivity contribution is 7.13. The quantitative estimate of drug-likeness (QED) is 0.793. The molecule has 0 spiro atoms. The second-order valence-electron chi connectivity index (χ2n) is 6.85. The molecule has 1 aromatic carbocycles. The summed E-state index contributed by atoms with van der Waals surface area (Å²) in [6, 6.07) is 5.48. The molecule has 144 valence electrons. The van der Waals surface area contributed by atoms with E-state index < -0.39 is 0 Å². The third-order valence-electron chi connectivity index (χ3n) is 4.63. The van der Waals surface area contributed by atoms with Crippen molar-refractivity contribution in [1.82, 2.24) is 9.88 Å². The Bertz CT molecular complexity index is 831. The van der Waals surface area contributed by atoms with Crippen LogP contribution in [0.1, 0.15) is 24.1 Å². The minimum absolute atomic E-state index is 0.0164. The molecule has 2 amide bonds. The van der Waals surface area contributed by atoms with E-state index in [1.54, 1.807) is 6.07 Å². The van der Waals surface area contributed by atoms with Crippen LogP contribution in [0.2, 0.25) is 5.02 Å². The van der Waals surface area contributed by atoms with Crippen LogP contribution < -0.4 is 10.6 Å². The smallest absolute Gasteiger partial charge is 0.238 e. The monoisotopic (exact) mass is 406 g/mol. The standard InChI is InChI=1S/C19H23ClN4O2S/c1-12-3-4-15(9-16(12)20)22-17(25)10-24-7-5-14(6-8-24)18(26)23-19-21-13(2)11-27-19/h3-4,9,11,14H,5-8,10H2,1-2H3,(H,22,25)(H,21,23,26). The van der Waals surface area contributed by atoms with Gasteiger partial charge in [0.25, 0.3) is 0 Å².